The lowest BCUT2D eigenvalue weighted by Gasteiger charge is -2.39. The van der Waals surface area contributed by atoms with Gasteiger partial charge in [-0.3, -0.25) is 14.6 Å². The topological polar surface area (TPSA) is 110 Å². The monoisotopic (exact) mass is 530 g/mol. The molecule has 12 heteroatoms. The Bertz CT molecular complexity index is 1440. The Balaban J connectivity index is 1.28. The standard InChI is InChI=1S/C25H31FN6O4S/c1-29-7-3-4-17-21(29)27-24(28-22(17)33)32-8-5-25(6-9-32)20-18(26)14-16(15-19(20)30(2)23(25)34)31-10-12-37(35,36)13-11-31/h14-15H,3-13H2,1-2H3,(H,27,28,33). The number of H-pyrrole nitrogens is 1. The summed E-state index contributed by atoms with van der Waals surface area (Å²) in [7, 11) is 0.544. The number of benzene rings is 1. The van der Waals surface area contributed by atoms with E-state index in [1.165, 1.54) is 11.0 Å². The average molecular weight is 531 g/mol. The summed E-state index contributed by atoms with van der Waals surface area (Å²) in [6.07, 6.45) is 2.42. The van der Waals surface area contributed by atoms with Crippen LogP contribution in [0.3, 0.4) is 0 Å². The average Bonchev–Trinajstić information content (AvgIpc) is 3.07. The summed E-state index contributed by atoms with van der Waals surface area (Å²) in [5, 5.41) is 0. The SMILES string of the molecule is CN1CCCc2c1nc(N1CCC3(CC1)C(=O)N(C)c1cc(N4CCS(=O)(=O)CC4)cc(F)c13)[nH]c2=O. The molecule has 4 aliphatic heterocycles. The molecule has 6 rings (SSSR count). The van der Waals surface area contributed by atoms with Gasteiger partial charge in [-0.2, -0.15) is 4.98 Å². The summed E-state index contributed by atoms with van der Waals surface area (Å²) in [4.78, 5) is 41.3. The van der Waals surface area contributed by atoms with Gasteiger partial charge in [0.25, 0.3) is 5.56 Å². The third-order valence-electron chi connectivity index (χ3n) is 8.50. The van der Waals surface area contributed by atoms with E-state index in [0.29, 0.717) is 79.7 Å². The van der Waals surface area contributed by atoms with E-state index in [9.17, 15) is 18.0 Å². The summed E-state index contributed by atoms with van der Waals surface area (Å²) >= 11 is 0. The highest BCUT2D eigenvalue weighted by atomic mass is 32.2. The number of likely N-dealkylation sites (N-methyl/N-ethyl adjacent to an activating group) is 1. The van der Waals surface area contributed by atoms with E-state index in [4.69, 9.17) is 4.98 Å². The Hall–Kier alpha value is -3.15. The molecule has 1 aromatic carbocycles. The summed E-state index contributed by atoms with van der Waals surface area (Å²) in [6.45, 7) is 2.36. The van der Waals surface area contributed by atoms with Gasteiger partial charge in [-0.25, -0.2) is 12.8 Å². The Labute approximate surface area is 215 Å². The van der Waals surface area contributed by atoms with Gasteiger partial charge in [0.2, 0.25) is 11.9 Å². The first-order valence-electron chi connectivity index (χ1n) is 12.8. The zero-order chi connectivity index (χ0) is 26.1. The molecule has 0 bridgehead atoms. The lowest BCUT2D eigenvalue weighted by molar-refractivity contribution is -0.123. The number of piperidine rings is 1. The molecule has 0 aliphatic carbocycles. The molecule has 2 fully saturated rings. The van der Waals surface area contributed by atoms with Crippen molar-refractivity contribution in [1.82, 2.24) is 9.97 Å². The van der Waals surface area contributed by atoms with Crippen LogP contribution in [0.2, 0.25) is 0 Å². The minimum Gasteiger partial charge on any atom is -0.369 e. The molecule has 2 saturated heterocycles. The van der Waals surface area contributed by atoms with Gasteiger partial charge in [0.1, 0.15) is 11.6 Å². The van der Waals surface area contributed by atoms with Crippen molar-refractivity contribution in [2.24, 2.45) is 0 Å². The third-order valence-corrected chi connectivity index (χ3v) is 10.1. The van der Waals surface area contributed by atoms with E-state index in [1.54, 1.807) is 7.05 Å². The Morgan fingerprint density at radius 2 is 1.70 bits per heavy atom. The summed E-state index contributed by atoms with van der Waals surface area (Å²) in [5.74, 6) is 0.697. The van der Waals surface area contributed by atoms with Gasteiger partial charge in [0.15, 0.2) is 9.84 Å². The second kappa shape index (κ2) is 8.44. The van der Waals surface area contributed by atoms with Gasteiger partial charge in [-0.15, -0.1) is 0 Å². The number of aromatic nitrogens is 2. The number of carbonyl (C=O) groups is 1. The van der Waals surface area contributed by atoms with Crippen molar-refractivity contribution in [3.63, 3.8) is 0 Å². The number of sulfone groups is 1. The van der Waals surface area contributed by atoms with E-state index >= 15 is 4.39 Å². The minimum atomic E-state index is -3.06. The van der Waals surface area contributed by atoms with Crippen LogP contribution in [0.5, 0.6) is 0 Å². The van der Waals surface area contributed by atoms with Gasteiger partial charge in [-0.05, 0) is 37.8 Å². The number of amides is 1. The molecular formula is C25H31FN6O4S. The number of hydrogen-bond donors (Lipinski definition) is 1. The Morgan fingerprint density at radius 1 is 1.00 bits per heavy atom. The number of carbonyl (C=O) groups excluding carboxylic acids is 1. The highest BCUT2D eigenvalue weighted by Gasteiger charge is 2.53. The molecule has 1 spiro atoms. The first-order valence-corrected chi connectivity index (χ1v) is 14.6. The highest BCUT2D eigenvalue weighted by molar-refractivity contribution is 7.91. The first kappa shape index (κ1) is 24.2. The number of halogens is 1. The van der Waals surface area contributed by atoms with Crippen molar-refractivity contribution in [1.29, 1.82) is 0 Å². The molecule has 1 N–H and O–H groups in total. The molecule has 5 heterocycles. The van der Waals surface area contributed by atoms with Crippen LogP contribution in [-0.4, -0.2) is 82.6 Å². The molecule has 0 unspecified atom stereocenters. The largest absolute Gasteiger partial charge is 0.369 e. The maximum absolute atomic E-state index is 15.7. The number of fused-ring (bicyclic) bond motifs is 3. The lowest BCUT2D eigenvalue weighted by atomic mass is 9.73. The van der Waals surface area contributed by atoms with E-state index in [0.717, 1.165) is 13.0 Å². The molecule has 1 aromatic heterocycles. The smallest absolute Gasteiger partial charge is 0.257 e. The van der Waals surface area contributed by atoms with Gasteiger partial charge in [0, 0.05) is 58.1 Å². The summed E-state index contributed by atoms with van der Waals surface area (Å²) in [6, 6.07) is 3.25. The van der Waals surface area contributed by atoms with Gasteiger partial charge >= 0.3 is 0 Å². The molecule has 4 aliphatic rings. The van der Waals surface area contributed by atoms with Crippen LogP contribution in [0.4, 0.5) is 27.5 Å². The fourth-order valence-electron chi connectivity index (χ4n) is 6.34. The lowest BCUT2D eigenvalue weighted by Crippen LogP contribution is -2.49. The Morgan fingerprint density at radius 3 is 2.41 bits per heavy atom. The maximum atomic E-state index is 15.7. The predicted molar refractivity (Wildman–Crippen MR) is 140 cm³/mol. The van der Waals surface area contributed by atoms with Gasteiger partial charge in [0.05, 0.1) is 28.2 Å². The second-order valence-corrected chi connectivity index (χ2v) is 12.9. The van der Waals surface area contributed by atoms with Crippen molar-refractivity contribution in [2.45, 2.75) is 31.1 Å². The van der Waals surface area contributed by atoms with Crippen molar-refractivity contribution in [3.05, 3.63) is 39.4 Å². The normalized spacial score (nSPS) is 22.4. The van der Waals surface area contributed by atoms with Crippen LogP contribution in [0.1, 0.15) is 30.4 Å². The van der Waals surface area contributed by atoms with Crippen molar-refractivity contribution < 1.29 is 17.6 Å². The zero-order valence-corrected chi connectivity index (χ0v) is 21.9. The van der Waals surface area contributed by atoms with Crippen molar-refractivity contribution in [2.75, 3.05) is 77.9 Å². The Kier molecular flexibility index (Phi) is 5.52. The van der Waals surface area contributed by atoms with E-state index in [2.05, 4.69) is 4.98 Å². The predicted octanol–water partition coefficient (Wildman–Crippen LogP) is 1.04. The fraction of sp³-hybridized carbons (Fsp3) is 0.560. The number of anilines is 4. The van der Waals surface area contributed by atoms with Crippen LogP contribution >= 0.6 is 0 Å². The van der Waals surface area contributed by atoms with Crippen molar-refractivity contribution in [3.8, 4) is 0 Å². The van der Waals surface area contributed by atoms with Crippen LogP contribution in [-0.2, 0) is 26.5 Å². The molecule has 37 heavy (non-hydrogen) atoms. The number of nitrogens with one attached hydrogen (secondary N) is 1. The molecule has 0 atom stereocenters. The molecule has 0 saturated carbocycles. The second-order valence-electron chi connectivity index (χ2n) is 10.6. The number of rotatable bonds is 2. The summed E-state index contributed by atoms with van der Waals surface area (Å²) < 4.78 is 39.4. The molecule has 198 valence electrons. The van der Waals surface area contributed by atoms with Crippen LogP contribution in [0.15, 0.2) is 16.9 Å². The van der Waals surface area contributed by atoms with E-state index in [-0.39, 0.29) is 23.0 Å². The zero-order valence-electron chi connectivity index (χ0n) is 21.1. The molecule has 2 aromatic rings. The summed E-state index contributed by atoms with van der Waals surface area (Å²) in [5.41, 5.74) is 1.16. The third kappa shape index (κ3) is 3.79. The minimum absolute atomic E-state index is 0.0366. The maximum Gasteiger partial charge on any atom is 0.257 e. The van der Waals surface area contributed by atoms with Crippen LogP contribution in [0, 0.1) is 5.82 Å². The van der Waals surface area contributed by atoms with Crippen molar-refractivity contribution >= 4 is 38.9 Å². The van der Waals surface area contributed by atoms with Gasteiger partial charge in [-0.1, -0.05) is 0 Å². The van der Waals surface area contributed by atoms with E-state index in [1.807, 2.05) is 27.8 Å². The van der Waals surface area contributed by atoms with E-state index < -0.39 is 21.1 Å². The van der Waals surface area contributed by atoms with Crippen LogP contribution in [0.25, 0.3) is 0 Å². The van der Waals surface area contributed by atoms with Crippen LogP contribution < -0.4 is 25.2 Å². The highest BCUT2D eigenvalue weighted by Crippen LogP contribution is 2.50. The molecule has 1 amide bonds. The van der Waals surface area contributed by atoms with Gasteiger partial charge < -0.3 is 19.6 Å². The molecule has 10 nitrogen and oxygen atoms in total. The molecule has 0 radical (unpaired) electrons. The number of hydrogen-bond acceptors (Lipinski definition) is 8. The first-order chi connectivity index (χ1) is 17.6. The number of aromatic amines is 1. The number of nitrogens with zero attached hydrogens (tertiary/aromatic N) is 5. The molecular weight excluding hydrogens is 499 g/mol. The fourth-order valence-corrected chi connectivity index (χ4v) is 7.54. The quantitative estimate of drug-likeness (QED) is 0.614.